The largest absolute Gasteiger partial charge is 0.493 e. The van der Waals surface area contributed by atoms with E-state index < -0.39 is 0 Å². The first-order valence-corrected chi connectivity index (χ1v) is 9.68. The maximum Gasteiger partial charge on any atom is 0.230 e. The van der Waals surface area contributed by atoms with Gasteiger partial charge >= 0.3 is 0 Å². The van der Waals surface area contributed by atoms with Crippen LogP contribution >= 0.6 is 0 Å². The molecule has 1 fully saturated rings. The van der Waals surface area contributed by atoms with Crippen molar-refractivity contribution in [3.8, 4) is 11.5 Å². The summed E-state index contributed by atoms with van der Waals surface area (Å²) in [6.45, 7) is 2.29. The van der Waals surface area contributed by atoms with E-state index in [0.29, 0.717) is 29.8 Å². The molecule has 0 bridgehead atoms. The van der Waals surface area contributed by atoms with Crippen LogP contribution in [0.1, 0.15) is 30.5 Å². The van der Waals surface area contributed by atoms with Gasteiger partial charge in [-0.25, -0.2) is 0 Å². The van der Waals surface area contributed by atoms with Crippen molar-refractivity contribution in [3.05, 3.63) is 30.1 Å². The van der Waals surface area contributed by atoms with E-state index in [1.807, 2.05) is 31.1 Å². The van der Waals surface area contributed by atoms with Gasteiger partial charge in [0.2, 0.25) is 11.8 Å². The number of hydrogen-bond acceptors (Lipinski definition) is 9. The van der Waals surface area contributed by atoms with Gasteiger partial charge in [0, 0.05) is 23.9 Å². The van der Waals surface area contributed by atoms with Gasteiger partial charge in [-0.3, -0.25) is 0 Å². The van der Waals surface area contributed by atoms with Crippen LogP contribution in [0, 0.1) is 0 Å². The zero-order valence-electron chi connectivity index (χ0n) is 17.3. The second kappa shape index (κ2) is 8.20. The average Bonchev–Trinajstić information content (AvgIpc) is 3.20. The summed E-state index contributed by atoms with van der Waals surface area (Å²) >= 11 is 0. The molecule has 3 aromatic rings. The minimum absolute atomic E-state index is 0.171. The van der Waals surface area contributed by atoms with Crippen LogP contribution in [0.25, 0.3) is 10.8 Å². The molecule has 1 unspecified atom stereocenters. The predicted molar refractivity (Wildman–Crippen MR) is 109 cm³/mol. The van der Waals surface area contributed by atoms with Gasteiger partial charge in [-0.15, -0.1) is 15.3 Å². The highest BCUT2D eigenvalue weighted by Gasteiger charge is 2.28. The topological polar surface area (TPSA) is 89.6 Å². The van der Waals surface area contributed by atoms with Gasteiger partial charge in [0.05, 0.1) is 32.9 Å². The maximum atomic E-state index is 5.91. The number of nitrogens with zero attached hydrogens (tertiary/aromatic N) is 6. The predicted octanol–water partition coefficient (Wildman–Crippen LogP) is 2.48. The van der Waals surface area contributed by atoms with Gasteiger partial charge in [0.15, 0.2) is 17.3 Å². The third-order valence-electron chi connectivity index (χ3n) is 5.15. The number of rotatable bonds is 6. The van der Waals surface area contributed by atoms with Crippen molar-refractivity contribution in [2.24, 2.45) is 0 Å². The normalized spacial score (nSPS) is 17.1. The average molecular weight is 398 g/mol. The molecule has 1 saturated heterocycles. The van der Waals surface area contributed by atoms with Gasteiger partial charge in [0.25, 0.3) is 0 Å². The highest BCUT2D eigenvalue weighted by molar-refractivity contribution is 5.94. The Balaban J connectivity index is 1.62. The molecule has 0 saturated carbocycles. The third-order valence-corrected chi connectivity index (χ3v) is 5.15. The van der Waals surface area contributed by atoms with Crippen LogP contribution in [-0.4, -0.2) is 66.7 Å². The lowest BCUT2D eigenvalue weighted by atomic mass is 9.97. The zero-order valence-corrected chi connectivity index (χ0v) is 17.3. The first kappa shape index (κ1) is 19.4. The standard InChI is InChI=1S/C20H26N6O3/c1-25(2)12-18-22-24-20(29-18)13-6-5-7-26(11-13)19-15-9-17(28-4)16(27-3)8-14(15)10-21-23-19/h8-10,13H,5-7,11-12H2,1-4H3. The van der Waals surface area contributed by atoms with Crippen molar-refractivity contribution in [1.29, 1.82) is 0 Å². The molecule has 154 valence electrons. The molecule has 0 radical (unpaired) electrons. The Labute approximate surface area is 169 Å². The lowest BCUT2D eigenvalue weighted by Gasteiger charge is -2.32. The SMILES string of the molecule is COc1cc2cnnc(N3CCCC(c4nnc(CN(C)C)o4)C3)c2cc1OC. The zero-order chi connectivity index (χ0) is 20.4. The van der Waals surface area contributed by atoms with Gasteiger partial charge in [-0.05, 0) is 39.1 Å². The molecule has 9 nitrogen and oxygen atoms in total. The molecule has 3 heterocycles. The summed E-state index contributed by atoms with van der Waals surface area (Å²) in [4.78, 5) is 4.25. The first-order chi connectivity index (χ1) is 14.1. The van der Waals surface area contributed by atoms with Crippen LogP contribution in [0.5, 0.6) is 11.5 Å². The molecular weight excluding hydrogens is 372 g/mol. The molecule has 0 N–H and O–H groups in total. The number of hydrogen-bond donors (Lipinski definition) is 0. The lowest BCUT2D eigenvalue weighted by molar-refractivity contribution is 0.318. The van der Waals surface area contributed by atoms with Gasteiger partial charge in [-0.1, -0.05) is 0 Å². The van der Waals surface area contributed by atoms with Crippen molar-refractivity contribution in [3.63, 3.8) is 0 Å². The minimum Gasteiger partial charge on any atom is -0.493 e. The van der Waals surface area contributed by atoms with E-state index in [1.54, 1.807) is 20.4 Å². The fourth-order valence-corrected chi connectivity index (χ4v) is 3.77. The minimum atomic E-state index is 0.171. The highest BCUT2D eigenvalue weighted by atomic mass is 16.5. The molecule has 4 rings (SSSR count). The summed E-state index contributed by atoms with van der Waals surface area (Å²) in [6.07, 6.45) is 3.77. The molecule has 0 spiro atoms. The Bertz CT molecular complexity index is 990. The molecule has 2 aromatic heterocycles. The van der Waals surface area contributed by atoms with Crippen molar-refractivity contribution < 1.29 is 13.9 Å². The third kappa shape index (κ3) is 3.95. The van der Waals surface area contributed by atoms with E-state index in [0.717, 1.165) is 42.5 Å². The van der Waals surface area contributed by atoms with E-state index in [2.05, 4.69) is 25.3 Å². The van der Waals surface area contributed by atoms with E-state index >= 15 is 0 Å². The summed E-state index contributed by atoms with van der Waals surface area (Å²) in [5, 5.41) is 19.1. The fourth-order valence-electron chi connectivity index (χ4n) is 3.77. The van der Waals surface area contributed by atoms with Crippen molar-refractivity contribution in [1.82, 2.24) is 25.3 Å². The molecule has 29 heavy (non-hydrogen) atoms. The molecule has 0 amide bonds. The van der Waals surface area contributed by atoms with E-state index in [-0.39, 0.29) is 5.92 Å². The van der Waals surface area contributed by atoms with Crippen LogP contribution < -0.4 is 14.4 Å². The second-order valence-electron chi connectivity index (χ2n) is 7.52. The van der Waals surface area contributed by atoms with E-state index in [4.69, 9.17) is 13.9 Å². The second-order valence-corrected chi connectivity index (χ2v) is 7.52. The lowest BCUT2D eigenvalue weighted by Crippen LogP contribution is -2.35. The van der Waals surface area contributed by atoms with Gasteiger partial charge in [-0.2, -0.15) is 5.10 Å². The summed E-state index contributed by atoms with van der Waals surface area (Å²) in [5.74, 6) is 3.69. The smallest absolute Gasteiger partial charge is 0.230 e. The Morgan fingerprint density at radius 2 is 1.93 bits per heavy atom. The Hall–Kier alpha value is -2.94. The van der Waals surface area contributed by atoms with Crippen LogP contribution in [0.2, 0.25) is 0 Å². The van der Waals surface area contributed by atoms with E-state index in [9.17, 15) is 0 Å². The van der Waals surface area contributed by atoms with Crippen LogP contribution in [0.15, 0.2) is 22.7 Å². The summed E-state index contributed by atoms with van der Waals surface area (Å²) in [7, 11) is 7.22. The Morgan fingerprint density at radius 3 is 2.69 bits per heavy atom. The number of anilines is 1. The summed E-state index contributed by atoms with van der Waals surface area (Å²) in [5.41, 5.74) is 0. The molecule has 1 aliphatic heterocycles. The molecular formula is C20H26N6O3. The maximum absolute atomic E-state index is 5.91. The Kier molecular flexibility index (Phi) is 5.48. The van der Waals surface area contributed by atoms with Crippen LogP contribution in [0.3, 0.4) is 0 Å². The van der Waals surface area contributed by atoms with Crippen molar-refractivity contribution in [2.75, 3.05) is 46.3 Å². The molecule has 0 aliphatic carbocycles. The van der Waals surface area contributed by atoms with Crippen LogP contribution in [0.4, 0.5) is 5.82 Å². The van der Waals surface area contributed by atoms with Crippen molar-refractivity contribution in [2.45, 2.75) is 25.3 Å². The fraction of sp³-hybridized carbons (Fsp3) is 0.500. The number of benzene rings is 1. The van der Waals surface area contributed by atoms with Gasteiger partial charge in [0.1, 0.15) is 0 Å². The molecule has 1 atom stereocenters. The quantitative estimate of drug-likeness (QED) is 0.621. The number of piperidine rings is 1. The molecule has 9 heteroatoms. The highest BCUT2D eigenvalue weighted by Crippen LogP contribution is 2.37. The summed E-state index contributed by atoms with van der Waals surface area (Å²) in [6, 6.07) is 3.89. The molecule has 1 aliphatic rings. The van der Waals surface area contributed by atoms with Crippen LogP contribution in [-0.2, 0) is 6.54 Å². The van der Waals surface area contributed by atoms with E-state index in [1.165, 1.54) is 0 Å². The first-order valence-electron chi connectivity index (χ1n) is 9.68. The Morgan fingerprint density at radius 1 is 1.14 bits per heavy atom. The number of ether oxygens (including phenoxy) is 2. The molecule has 1 aromatic carbocycles. The monoisotopic (exact) mass is 398 g/mol. The number of methoxy groups -OCH3 is 2. The number of fused-ring (bicyclic) bond motifs is 1. The summed E-state index contributed by atoms with van der Waals surface area (Å²) < 4.78 is 16.8. The number of aromatic nitrogens is 4. The van der Waals surface area contributed by atoms with Crippen molar-refractivity contribution >= 4 is 16.6 Å². The van der Waals surface area contributed by atoms with Gasteiger partial charge < -0.3 is 23.7 Å².